The molecular weight excluding hydrogens is 299 g/mol. The van der Waals surface area contributed by atoms with Gasteiger partial charge in [0.15, 0.2) is 5.69 Å². The van der Waals surface area contributed by atoms with Crippen molar-refractivity contribution in [3.63, 3.8) is 0 Å². The first-order valence-corrected chi connectivity index (χ1v) is 6.68. The smallest absolute Gasteiger partial charge is 0.277 e. The summed E-state index contributed by atoms with van der Waals surface area (Å²) < 4.78 is 0. The Morgan fingerprint density at radius 3 is 2.55 bits per heavy atom. The van der Waals surface area contributed by atoms with Gasteiger partial charge in [-0.15, -0.1) is 0 Å². The van der Waals surface area contributed by atoms with E-state index in [9.17, 15) is 4.79 Å². The lowest BCUT2D eigenvalue weighted by Crippen LogP contribution is -2.17. The van der Waals surface area contributed by atoms with Gasteiger partial charge in [-0.05, 0) is 12.1 Å². The van der Waals surface area contributed by atoms with E-state index in [1.807, 2.05) is 13.8 Å². The summed E-state index contributed by atoms with van der Waals surface area (Å²) in [6.45, 7) is 3.87. The van der Waals surface area contributed by atoms with E-state index >= 15 is 0 Å². The van der Waals surface area contributed by atoms with Crippen molar-refractivity contribution in [1.82, 2.24) is 15.0 Å². The van der Waals surface area contributed by atoms with E-state index in [1.165, 1.54) is 12.4 Å². The number of hydrogen-bond donors (Lipinski definition) is 1. The van der Waals surface area contributed by atoms with Crippen LogP contribution in [0.2, 0.25) is 10.0 Å². The first-order chi connectivity index (χ1) is 9.47. The second-order valence-electron chi connectivity index (χ2n) is 4.40. The van der Waals surface area contributed by atoms with Gasteiger partial charge in [-0.25, -0.2) is 15.0 Å². The summed E-state index contributed by atoms with van der Waals surface area (Å²) in [5.74, 6) is 0.602. The Hall–Kier alpha value is -1.72. The number of aromatic nitrogens is 3. The number of halogens is 2. The van der Waals surface area contributed by atoms with Gasteiger partial charge in [0.1, 0.15) is 11.6 Å². The highest BCUT2D eigenvalue weighted by Crippen LogP contribution is 2.18. The van der Waals surface area contributed by atoms with Crippen LogP contribution < -0.4 is 5.32 Å². The lowest BCUT2D eigenvalue weighted by molar-refractivity contribution is 0.102. The Kier molecular flexibility index (Phi) is 4.52. The molecule has 2 aromatic heterocycles. The summed E-state index contributed by atoms with van der Waals surface area (Å²) in [7, 11) is 0. The predicted octanol–water partition coefficient (Wildman–Crippen LogP) is 3.55. The van der Waals surface area contributed by atoms with E-state index in [2.05, 4.69) is 20.3 Å². The number of hydrogen-bond acceptors (Lipinski definition) is 4. The summed E-state index contributed by atoms with van der Waals surface area (Å²) in [4.78, 5) is 24.4. The fourth-order valence-corrected chi connectivity index (χ4v) is 1.73. The minimum atomic E-state index is -0.436. The SMILES string of the molecule is CC(C)c1ncc(Cl)c(C(=O)Nc2ccc(Cl)cn2)n1. The largest absolute Gasteiger partial charge is 0.305 e. The Bertz CT molecular complexity index is 629. The molecule has 0 atom stereocenters. The number of nitrogens with zero attached hydrogens (tertiary/aromatic N) is 3. The molecule has 0 bridgehead atoms. The molecule has 1 N–H and O–H groups in total. The lowest BCUT2D eigenvalue weighted by Gasteiger charge is -2.08. The highest BCUT2D eigenvalue weighted by molar-refractivity contribution is 6.34. The predicted molar refractivity (Wildman–Crippen MR) is 78.3 cm³/mol. The normalized spacial score (nSPS) is 10.7. The van der Waals surface area contributed by atoms with E-state index in [1.54, 1.807) is 12.1 Å². The number of pyridine rings is 1. The van der Waals surface area contributed by atoms with E-state index in [-0.39, 0.29) is 16.6 Å². The zero-order valence-electron chi connectivity index (χ0n) is 10.9. The van der Waals surface area contributed by atoms with Gasteiger partial charge in [0.05, 0.1) is 16.2 Å². The van der Waals surface area contributed by atoms with Gasteiger partial charge in [0, 0.05) is 12.1 Å². The van der Waals surface area contributed by atoms with Crippen molar-refractivity contribution >= 4 is 34.9 Å². The van der Waals surface area contributed by atoms with Crippen molar-refractivity contribution in [2.24, 2.45) is 0 Å². The molecule has 1 amide bonds. The van der Waals surface area contributed by atoms with Crippen LogP contribution in [0.15, 0.2) is 24.5 Å². The number of nitrogens with one attached hydrogen (secondary N) is 1. The number of carbonyl (C=O) groups excluding carboxylic acids is 1. The van der Waals surface area contributed by atoms with Gasteiger partial charge < -0.3 is 5.32 Å². The summed E-state index contributed by atoms with van der Waals surface area (Å²) in [6.07, 6.45) is 2.87. The maximum absolute atomic E-state index is 12.1. The van der Waals surface area contributed by atoms with Gasteiger partial charge in [-0.2, -0.15) is 0 Å². The third kappa shape index (κ3) is 3.43. The molecular formula is C13H12Cl2N4O. The van der Waals surface area contributed by atoms with Crippen LogP contribution in [0.25, 0.3) is 0 Å². The van der Waals surface area contributed by atoms with Crippen molar-refractivity contribution in [2.75, 3.05) is 5.32 Å². The Balaban J connectivity index is 2.24. The van der Waals surface area contributed by atoms with Gasteiger partial charge >= 0.3 is 0 Å². The Morgan fingerprint density at radius 1 is 1.20 bits per heavy atom. The number of amides is 1. The average Bonchev–Trinajstić information content (AvgIpc) is 2.41. The monoisotopic (exact) mass is 310 g/mol. The van der Waals surface area contributed by atoms with Crippen molar-refractivity contribution in [1.29, 1.82) is 0 Å². The molecule has 5 nitrogen and oxygen atoms in total. The fraction of sp³-hybridized carbons (Fsp3) is 0.231. The van der Waals surface area contributed by atoms with E-state index in [4.69, 9.17) is 23.2 Å². The van der Waals surface area contributed by atoms with E-state index in [0.717, 1.165) is 0 Å². The summed E-state index contributed by atoms with van der Waals surface area (Å²) in [6, 6.07) is 3.23. The molecule has 7 heteroatoms. The van der Waals surface area contributed by atoms with Crippen LogP contribution in [0.4, 0.5) is 5.82 Å². The highest BCUT2D eigenvalue weighted by atomic mass is 35.5. The molecule has 2 heterocycles. The first kappa shape index (κ1) is 14.7. The van der Waals surface area contributed by atoms with Crippen molar-refractivity contribution in [3.8, 4) is 0 Å². The summed E-state index contributed by atoms with van der Waals surface area (Å²) in [5, 5.41) is 3.30. The Labute approximate surface area is 126 Å². The minimum absolute atomic E-state index is 0.104. The maximum atomic E-state index is 12.1. The summed E-state index contributed by atoms with van der Waals surface area (Å²) >= 11 is 11.7. The molecule has 0 saturated heterocycles. The van der Waals surface area contributed by atoms with Gasteiger partial charge in [0.25, 0.3) is 5.91 Å². The fourth-order valence-electron chi connectivity index (χ4n) is 1.44. The zero-order chi connectivity index (χ0) is 14.7. The van der Waals surface area contributed by atoms with Crippen molar-refractivity contribution < 1.29 is 4.79 Å². The Morgan fingerprint density at radius 2 is 1.95 bits per heavy atom. The second kappa shape index (κ2) is 6.15. The van der Waals surface area contributed by atoms with Gasteiger partial charge in [-0.1, -0.05) is 37.0 Å². The molecule has 0 unspecified atom stereocenters. The molecule has 0 radical (unpaired) electrons. The van der Waals surface area contributed by atoms with Crippen molar-refractivity contribution in [3.05, 3.63) is 46.1 Å². The molecule has 0 saturated carbocycles. The van der Waals surface area contributed by atoms with Crippen LogP contribution in [0.5, 0.6) is 0 Å². The molecule has 104 valence electrons. The van der Waals surface area contributed by atoms with E-state index in [0.29, 0.717) is 16.7 Å². The van der Waals surface area contributed by atoms with Crippen LogP contribution in [-0.4, -0.2) is 20.9 Å². The van der Waals surface area contributed by atoms with Gasteiger partial charge in [0.2, 0.25) is 0 Å². The van der Waals surface area contributed by atoms with Crippen molar-refractivity contribution in [2.45, 2.75) is 19.8 Å². The zero-order valence-corrected chi connectivity index (χ0v) is 12.4. The first-order valence-electron chi connectivity index (χ1n) is 5.92. The molecule has 0 aliphatic heterocycles. The molecule has 2 rings (SSSR count). The van der Waals surface area contributed by atoms with Gasteiger partial charge in [-0.3, -0.25) is 4.79 Å². The van der Waals surface area contributed by atoms with E-state index < -0.39 is 5.91 Å². The van der Waals surface area contributed by atoms with Crippen LogP contribution in [0, 0.1) is 0 Å². The van der Waals surface area contributed by atoms with Crippen LogP contribution >= 0.6 is 23.2 Å². The minimum Gasteiger partial charge on any atom is -0.305 e. The molecule has 2 aromatic rings. The van der Waals surface area contributed by atoms with Crippen LogP contribution in [0.1, 0.15) is 36.1 Å². The molecule has 20 heavy (non-hydrogen) atoms. The topological polar surface area (TPSA) is 67.8 Å². The van der Waals surface area contributed by atoms with Crippen LogP contribution in [-0.2, 0) is 0 Å². The second-order valence-corrected chi connectivity index (χ2v) is 5.24. The number of anilines is 1. The standard InChI is InChI=1S/C13H12Cl2N4O/c1-7(2)12-17-6-9(15)11(19-12)13(20)18-10-4-3-8(14)5-16-10/h3-7H,1-2H3,(H,16,18,20). The number of carbonyl (C=O) groups is 1. The lowest BCUT2D eigenvalue weighted by atomic mass is 10.2. The number of rotatable bonds is 3. The molecule has 0 aliphatic carbocycles. The third-order valence-corrected chi connectivity index (χ3v) is 2.96. The molecule has 0 spiro atoms. The molecule has 0 aromatic carbocycles. The molecule has 0 fully saturated rings. The van der Waals surface area contributed by atoms with Crippen LogP contribution in [0.3, 0.4) is 0 Å². The highest BCUT2D eigenvalue weighted by Gasteiger charge is 2.16. The maximum Gasteiger partial charge on any atom is 0.277 e. The molecule has 0 aliphatic rings. The summed E-state index contributed by atoms with van der Waals surface area (Å²) in [5.41, 5.74) is 0.127. The third-order valence-electron chi connectivity index (χ3n) is 2.46. The quantitative estimate of drug-likeness (QED) is 0.941. The average molecular weight is 311 g/mol.